The van der Waals surface area contributed by atoms with Crippen LogP contribution in [0, 0.1) is 5.82 Å². The maximum Gasteiger partial charge on any atom is 0.230 e. The number of fused-ring (bicyclic) bond motifs is 1. The summed E-state index contributed by atoms with van der Waals surface area (Å²) in [7, 11) is 0. The molecule has 32 heavy (non-hydrogen) atoms. The smallest absolute Gasteiger partial charge is 0.230 e. The van der Waals surface area contributed by atoms with Crippen LogP contribution in [0.2, 0.25) is 0 Å². The Morgan fingerprint density at radius 1 is 1.19 bits per heavy atom. The summed E-state index contributed by atoms with van der Waals surface area (Å²) >= 11 is 3.12. The standard InChI is InChI=1S/C23H27FN4O2S2/c1-2-30-19-4-3-5-20-22(19)26-23(32-20)28-14-12-27(13-15-28)11-10-25-21(29)16-31-18-8-6-17(24)7-9-18/h3-9H,2,10-16H2,1H3,(H,25,29). The zero-order valence-corrected chi connectivity index (χ0v) is 19.7. The Balaban J connectivity index is 1.19. The van der Waals surface area contributed by atoms with E-state index in [0.717, 1.165) is 58.7 Å². The lowest BCUT2D eigenvalue weighted by Crippen LogP contribution is -2.48. The van der Waals surface area contributed by atoms with Crippen molar-refractivity contribution < 1.29 is 13.9 Å². The first kappa shape index (κ1) is 22.8. The number of hydrogen-bond donors (Lipinski definition) is 1. The number of ether oxygens (including phenoxy) is 1. The van der Waals surface area contributed by atoms with Crippen molar-refractivity contribution in [1.29, 1.82) is 0 Å². The highest BCUT2D eigenvalue weighted by Crippen LogP contribution is 2.34. The van der Waals surface area contributed by atoms with Gasteiger partial charge in [-0.25, -0.2) is 9.37 Å². The van der Waals surface area contributed by atoms with Crippen LogP contribution in [-0.2, 0) is 4.79 Å². The summed E-state index contributed by atoms with van der Waals surface area (Å²) in [5.74, 6) is 0.912. The summed E-state index contributed by atoms with van der Waals surface area (Å²) in [5.41, 5.74) is 0.943. The van der Waals surface area contributed by atoms with Crippen LogP contribution in [0.5, 0.6) is 5.75 Å². The number of thioether (sulfide) groups is 1. The fourth-order valence-corrected chi connectivity index (χ4v) is 5.33. The van der Waals surface area contributed by atoms with Crippen LogP contribution in [0.15, 0.2) is 47.4 Å². The molecule has 1 N–H and O–H groups in total. The van der Waals surface area contributed by atoms with Gasteiger partial charge in [-0.05, 0) is 43.3 Å². The minimum atomic E-state index is -0.266. The number of rotatable bonds is 9. The van der Waals surface area contributed by atoms with Gasteiger partial charge < -0.3 is 15.0 Å². The van der Waals surface area contributed by atoms with Crippen LogP contribution >= 0.6 is 23.1 Å². The van der Waals surface area contributed by atoms with Crippen LogP contribution in [0.25, 0.3) is 10.2 Å². The maximum absolute atomic E-state index is 12.9. The minimum Gasteiger partial charge on any atom is -0.492 e. The van der Waals surface area contributed by atoms with E-state index in [0.29, 0.717) is 18.9 Å². The van der Waals surface area contributed by atoms with Crippen molar-refractivity contribution in [1.82, 2.24) is 15.2 Å². The first-order valence-corrected chi connectivity index (χ1v) is 12.6. The SMILES string of the molecule is CCOc1cccc2sc(N3CCN(CCNC(=O)CSc4ccc(F)cc4)CC3)nc12. The number of piperazine rings is 1. The van der Waals surface area contributed by atoms with Crippen molar-refractivity contribution in [2.45, 2.75) is 11.8 Å². The van der Waals surface area contributed by atoms with E-state index in [1.54, 1.807) is 23.5 Å². The molecule has 0 unspecified atom stereocenters. The van der Waals surface area contributed by atoms with E-state index in [4.69, 9.17) is 9.72 Å². The Morgan fingerprint density at radius 2 is 1.97 bits per heavy atom. The molecule has 0 radical (unpaired) electrons. The molecule has 9 heteroatoms. The third-order valence-corrected chi connectivity index (χ3v) is 7.34. The number of nitrogens with one attached hydrogen (secondary N) is 1. The van der Waals surface area contributed by atoms with E-state index in [-0.39, 0.29) is 11.7 Å². The molecule has 2 aromatic carbocycles. The summed E-state index contributed by atoms with van der Waals surface area (Å²) in [4.78, 5) is 22.5. The molecule has 2 heterocycles. The van der Waals surface area contributed by atoms with Crippen molar-refractivity contribution in [2.75, 3.05) is 56.5 Å². The second kappa shape index (κ2) is 11.0. The van der Waals surface area contributed by atoms with E-state index < -0.39 is 0 Å². The van der Waals surface area contributed by atoms with Crippen molar-refractivity contribution in [3.8, 4) is 5.75 Å². The van der Waals surface area contributed by atoms with Gasteiger partial charge in [0.2, 0.25) is 5.91 Å². The maximum atomic E-state index is 12.9. The lowest BCUT2D eigenvalue weighted by atomic mass is 10.3. The van der Waals surface area contributed by atoms with Crippen molar-refractivity contribution >= 4 is 44.4 Å². The van der Waals surface area contributed by atoms with Gasteiger partial charge in [-0.2, -0.15) is 0 Å². The summed E-state index contributed by atoms with van der Waals surface area (Å²) in [6.45, 7) is 7.78. The molecule has 0 atom stereocenters. The second-order valence-corrected chi connectivity index (χ2v) is 9.51. The van der Waals surface area contributed by atoms with Gasteiger partial charge in [0.25, 0.3) is 0 Å². The third kappa shape index (κ3) is 5.90. The van der Waals surface area contributed by atoms with Gasteiger partial charge in [-0.3, -0.25) is 9.69 Å². The molecule has 4 rings (SSSR count). The Bertz CT molecular complexity index is 1040. The topological polar surface area (TPSA) is 57.7 Å². The van der Waals surface area contributed by atoms with Crippen LogP contribution < -0.4 is 15.0 Å². The van der Waals surface area contributed by atoms with E-state index in [1.807, 2.05) is 19.1 Å². The van der Waals surface area contributed by atoms with Gasteiger partial charge in [0.1, 0.15) is 17.1 Å². The molecule has 170 valence electrons. The molecule has 1 fully saturated rings. The van der Waals surface area contributed by atoms with E-state index in [2.05, 4.69) is 21.2 Å². The number of para-hydroxylation sites is 1. The van der Waals surface area contributed by atoms with Crippen LogP contribution in [-0.4, -0.2) is 67.4 Å². The number of hydrogen-bond acceptors (Lipinski definition) is 7. The first-order chi connectivity index (χ1) is 15.6. The first-order valence-electron chi connectivity index (χ1n) is 10.8. The van der Waals surface area contributed by atoms with E-state index in [1.165, 1.54) is 23.9 Å². The summed E-state index contributed by atoms with van der Waals surface area (Å²) in [6.07, 6.45) is 0. The number of benzene rings is 2. The van der Waals surface area contributed by atoms with Gasteiger partial charge in [0.15, 0.2) is 5.13 Å². The lowest BCUT2D eigenvalue weighted by Gasteiger charge is -2.34. The van der Waals surface area contributed by atoms with Gasteiger partial charge >= 0.3 is 0 Å². The van der Waals surface area contributed by atoms with Gasteiger partial charge in [0.05, 0.1) is 17.1 Å². The second-order valence-electron chi connectivity index (χ2n) is 7.45. The molecule has 1 saturated heterocycles. The highest BCUT2D eigenvalue weighted by molar-refractivity contribution is 8.00. The monoisotopic (exact) mass is 474 g/mol. The molecular formula is C23H27FN4O2S2. The molecule has 0 saturated carbocycles. The lowest BCUT2D eigenvalue weighted by molar-refractivity contribution is -0.118. The Labute approximate surface area is 195 Å². The number of thiazole rings is 1. The molecule has 0 bridgehead atoms. The molecule has 6 nitrogen and oxygen atoms in total. The fourth-order valence-electron chi connectivity index (χ4n) is 3.57. The van der Waals surface area contributed by atoms with Crippen molar-refractivity contribution in [2.24, 2.45) is 0 Å². The minimum absolute atomic E-state index is 0.00228. The molecule has 1 aliphatic rings. The average Bonchev–Trinajstić information content (AvgIpc) is 3.25. The summed E-state index contributed by atoms with van der Waals surface area (Å²) in [5, 5.41) is 4.02. The van der Waals surface area contributed by atoms with Gasteiger partial charge in [-0.1, -0.05) is 17.4 Å². The predicted molar refractivity (Wildman–Crippen MR) is 130 cm³/mol. The molecule has 0 spiro atoms. The molecule has 3 aromatic rings. The Morgan fingerprint density at radius 3 is 2.72 bits per heavy atom. The normalized spacial score (nSPS) is 14.6. The quantitative estimate of drug-likeness (QED) is 0.475. The summed E-state index contributed by atoms with van der Waals surface area (Å²) in [6, 6.07) is 12.3. The molecule has 1 aromatic heterocycles. The largest absolute Gasteiger partial charge is 0.492 e. The average molecular weight is 475 g/mol. The number of anilines is 1. The fraction of sp³-hybridized carbons (Fsp3) is 0.391. The number of amides is 1. The molecular weight excluding hydrogens is 447 g/mol. The number of carbonyl (C=O) groups excluding carboxylic acids is 1. The van der Waals surface area contributed by atoms with Gasteiger partial charge in [0, 0.05) is 44.2 Å². The molecule has 0 aliphatic carbocycles. The molecule has 1 aliphatic heterocycles. The van der Waals surface area contributed by atoms with Crippen LogP contribution in [0.1, 0.15) is 6.92 Å². The number of halogens is 1. The predicted octanol–water partition coefficient (Wildman–Crippen LogP) is 3.86. The number of nitrogens with zero attached hydrogens (tertiary/aromatic N) is 3. The van der Waals surface area contributed by atoms with Crippen molar-refractivity contribution in [3.05, 3.63) is 48.3 Å². The highest BCUT2D eigenvalue weighted by Gasteiger charge is 2.20. The van der Waals surface area contributed by atoms with Crippen molar-refractivity contribution in [3.63, 3.8) is 0 Å². The van der Waals surface area contributed by atoms with Crippen LogP contribution in [0.3, 0.4) is 0 Å². The Kier molecular flexibility index (Phi) is 7.83. The summed E-state index contributed by atoms with van der Waals surface area (Å²) < 4.78 is 19.8. The molecule has 1 amide bonds. The third-order valence-electron chi connectivity index (χ3n) is 5.25. The number of carbonyl (C=O) groups is 1. The number of aromatic nitrogens is 1. The Hall–Kier alpha value is -2.36. The van der Waals surface area contributed by atoms with E-state index >= 15 is 0 Å². The van der Waals surface area contributed by atoms with Gasteiger partial charge in [-0.15, -0.1) is 11.8 Å². The van der Waals surface area contributed by atoms with E-state index in [9.17, 15) is 9.18 Å². The zero-order valence-electron chi connectivity index (χ0n) is 18.1. The highest BCUT2D eigenvalue weighted by atomic mass is 32.2. The van der Waals surface area contributed by atoms with Crippen LogP contribution in [0.4, 0.5) is 9.52 Å². The zero-order chi connectivity index (χ0) is 22.3.